The molecule has 1 N–H and O–H groups in total. The first-order valence-corrected chi connectivity index (χ1v) is 6.91. The first-order valence-electron chi connectivity index (χ1n) is 5.32. The summed E-state index contributed by atoms with van der Waals surface area (Å²) in [5, 5.41) is 9.85. The van der Waals surface area contributed by atoms with Gasteiger partial charge >= 0.3 is 0 Å². The Morgan fingerprint density at radius 3 is 2.44 bits per heavy atom. The lowest BCUT2D eigenvalue weighted by Gasteiger charge is -2.11. The Morgan fingerprint density at radius 2 is 1.88 bits per heavy atom. The molecule has 1 atom stereocenters. The predicted octanol–water partition coefficient (Wildman–Crippen LogP) is 4.39. The van der Waals surface area contributed by atoms with Gasteiger partial charge in [-0.25, -0.2) is 0 Å². The molecule has 0 aliphatic rings. The van der Waals surface area contributed by atoms with Crippen LogP contribution in [-0.4, -0.2) is 11.2 Å². The molecule has 0 heterocycles. The van der Waals surface area contributed by atoms with Gasteiger partial charge < -0.3 is 5.11 Å². The van der Waals surface area contributed by atoms with E-state index in [0.29, 0.717) is 6.42 Å². The summed E-state index contributed by atoms with van der Waals surface area (Å²) in [5.74, 6) is 0. The molecule has 0 fully saturated rings. The maximum Gasteiger partial charge on any atom is 0.0594 e. The summed E-state index contributed by atoms with van der Waals surface area (Å²) >= 11 is 6.70. The quantitative estimate of drug-likeness (QED) is 0.837. The lowest BCUT2D eigenvalue weighted by Crippen LogP contribution is -2.08. The van der Waals surface area contributed by atoms with Gasteiger partial charge in [0.05, 0.1) is 9.50 Å². The van der Waals surface area contributed by atoms with Gasteiger partial charge in [0.15, 0.2) is 0 Å². The van der Waals surface area contributed by atoms with Gasteiger partial charge in [-0.3, -0.25) is 0 Å². The van der Waals surface area contributed by atoms with Gasteiger partial charge in [0, 0.05) is 0 Å². The summed E-state index contributed by atoms with van der Waals surface area (Å²) in [6.07, 6.45) is 2.16. The van der Waals surface area contributed by atoms with E-state index < -0.39 is 0 Å². The summed E-state index contributed by atoms with van der Waals surface area (Å²) in [6, 6.07) is 10.3. The van der Waals surface area contributed by atoms with Gasteiger partial charge in [-0.15, -0.1) is 0 Å². The van der Waals surface area contributed by atoms with Crippen molar-refractivity contribution in [3.63, 3.8) is 0 Å². The zero-order valence-electron chi connectivity index (χ0n) is 9.29. The summed E-state index contributed by atoms with van der Waals surface area (Å²) in [7, 11) is 0. The van der Waals surface area contributed by atoms with E-state index in [1.165, 1.54) is 5.56 Å². The molecule has 16 heavy (non-hydrogen) atoms. The highest BCUT2D eigenvalue weighted by atomic mass is 79.9. The minimum atomic E-state index is -0.273. The number of benzene rings is 1. The average molecular weight is 348 g/mol. The van der Waals surface area contributed by atoms with E-state index >= 15 is 0 Å². The number of halogens is 2. The second-order valence-electron chi connectivity index (χ2n) is 3.92. The van der Waals surface area contributed by atoms with E-state index in [0.717, 1.165) is 21.8 Å². The van der Waals surface area contributed by atoms with Crippen molar-refractivity contribution in [1.82, 2.24) is 0 Å². The highest BCUT2D eigenvalue weighted by Crippen LogP contribution is 2.23. The third-order valence-electron chi connectivity index (χ3n) is 2.47. The van der Waals surface area contributed by atoms with Crippen molar-refractivity contribution in [1.29, 1.82) is 0 Å². The standard InChI is InChI=1S/C13H16Br2O/c1-10(13(14)15)9-12(16)8-7-11-5-3-2-4-6-11/h2-6,12,16H,7-9H2,1H3. The molecule has 0 aromatic heterocycles. The van der Waals surface area contributed by atoms with Crippen molar-refractivity contribution in [3.8, 4) is 0 Å². The molecular weight excluding hydrogens is 332 g/mol. The van der Waals surface area contributed by atoms with Crippen LogP contribution in [0.4, 0.5) is 0 Å². The zero-order chi connectivity index (χ0) is 12.0. The van der Waals surface area contributed by atoms with Gasteiger partial charge in [-0.2, -0.15) is 0 Å². The normalized spacial score (nSPS) is 12.2. The van der Waals surface area contributed by atoms with E-state index in [4.69, 9.17) is 0 Å². The third kappa shape index (κ3) is 5.28. The fraction of sp³-hybridized carbons (Fsp3) is 0.385. The molecule has 0 radical (unpaired) electrons. The molecule has 1 rings (SSSR count). The van der Waals surface area contributed by atoms with E-state index in [-0.39, 0.29) is 6.10 Å². The number of hydrogen-bond donors (Lipinski definition) is 1. The smallest absolute Gasteiger partial charge is 0.0594 e. The van der Waals surface area contributed by atoms with Crippen LogP contribution in [-0.2, 0) is 6.42 Å². The fourth-order valence-corrected chi connectivity index (χ4v) is 1.83. The molecule has 3 heteroatoms. The Hall–Kier alpha value is -0.120. The van der Waals surface area contributed by atoms with Crippen LogP contribution in [0.25, 0.3) is 0 Å². The second kappa shape index (κ2) is 7.25. The molecule has 0 aliphatic heterocycles. The second-order valence-corrected chi connectivity index (χ2v) is 6.57. The Balaban J connectivity index is 2.36. The molecule has 1 unspecified atom stereocenters. The first kappa shape index (κ1) is 13.9. The first-order chi connectivity index (χ1) is 7.59. The van der Waals surface area contributed by atoms with Crippen LogP contribution in [0, 0.1) is 0 Å². The molecular formula is C13H16Br2O. The van der Waals surface area contributed by atoms with Crippen LogP contribution < -0.4 is 0 Å². The van der Waals surface area contributed by atoms with Crippen molar-refractivity contribution < 1.29 is 5.11 Å². The van der Waals surface area contributed by atoms with Crippen molar-refractivity contribution >= 4 is 31.9 Å². The van der Waals surface area contributed by atoms with Crippen molar-refractivity contribution in [3.05, 3.63) is 44.9 Å². The van der Waals surface area contributed by atoms with Crippen LogP contribution in [0.3, 0.4) is 0 Å². The highest BCUT2D eigenvalue weighted by molar-refractivity contribution is 9.28. The van der Waals surface area contributed by atoms with Gasteiger partial charge in [0.25, 0.3) is 0 Å². The predicted molar refractivity (Wildman–Crippen MR) is 75.9 cm³/mol. The van der Waals surface area contributed by atoms with Crippen LogP contribution in [0.2, 0.25) is 0 Å². The Kier molecular flexibility index (Phi) is 6.32. The summed E-state index contributed by atoms with van der Waals surface area (Å²) in [4.78, 5) is 0. The third-order valence-corrected chi connectivity index (χ3v) is 3.83. The van der Waals surface area contributed by atoms with Crippen LogP contribution in [0.5, 0.6) is 0 Å². The molecule has 0 saturated heterocycles. The van der Waals surface area contributed by atoms with Gasteiger partial charge in [-0.1, -0.05) is 30.3 Å². The Labute approximate surface area is 114 Å². The largest absolute Gasteiger partial charge is 0.393 e. The lowest BCUT2D eigenvalue weighted by atomic mass is 10.0. The topological polar surface area (TPSA) is 20.2 Å². The lowest BCUT2D eigenvalue weighted by molar-refractivity contribution is 0.165. The van der Waals surface area contributed by atoms with Gasteiger partial charge in [0.2, 0.25) is 0 Å². The van der Waals surface area contributed by atoms with Crippen molar-refractivity contribution in [2.75, 3.05) is 0 Å². The molecule has 0 amide bonds. The van der Waals surface area contributed by atoms with E-state index in [1.807, 2.05) is 25.1 Å². The van der Waals surface area contributed by atoms with Crippen LogP contribution in [0.15, 0.2) is 39.3 Å². The van der Waals surface area contributed by atoms with E-state index in [2.05, 4.69) is 44.0 Å². The maximum atomic E-state index is 9.85. The Morgan fingerprint density at radius 1 is 1.25 bits per heavy atom. The summed E-state index contributed by atoms with van der Waals surface area (Å²) in [6.45, 7) is 2.00. The van der Waals surface area contributed by atoms with Gasteiger partial charge in [-0.05, 0) is 69.2 Å². The number of aliphatic hydroxyl groups is 1. The van der Waals surface area contributed by atoms with Crippen LogP contribution >= 0.6 is 31.9 Å². The maximum absolute atomic E-state index is 9.85. The monoisotopic (exact) mass is 346 g/mol. The number of aliphatic hydroxyl groups excluding tert-OH is 1. The van der Waals surface area contributed by atoms with Crippen molar-refractivity contribution in [2.24, 2.45) is 0 Å². The van der Waals surface area contributed by atoms with Crippen LogP contribution in [0.1, 0.15) is 25.3 Å². The molecule has 1 nitrogen and oxygen atoms in total. The number of hydrogen-bond acceptors (Lipinski definition) is 1. The minimum Gasteiger partial charge on any atom is -0.393 e. The highest BCUT2D eigenvalue weighted by Gasteiger charge is 2.07. The molecule has 0 bridgehead atoms. The molecule has 88 valence electrons. The molecule has 0 aliphatic carbocycles. The summed E-state index contributed by atoms with van der Waals surface area (Å²) in [5.41, 5.74) is 2.42. The molecule has 0 spiro atoms. The molecule has 1 aromatic carbocycles. The summed E-state index contributed by atoms with van der Waals surface area (Å²) < 4.78 is 0.943. The zero-order valence-corrected chi connectivity index (χ0v) is 12.5. The van der Waals surface area contributed by atoms with E-state index in [1.54, 1.807) is 0 Å². The number of rotatable bonds is 5. The minimum absolute atomic E-state index is 0.273. The van der Waals surface area contributed by atoms with Crippen molar-refractivity contribution in [2.45, 2.75) is 32.3 Å². The molecule has 1 aromatic rings. The number of aryl methyl sites for hydroxylation is 1. The Bertz CT molecular complexity index is 342. The van der Waals surface area contributed by atoms with Gasteiger partial charge in [0.1, 0.15) is 0 Å². The SMILES string of the molecule is CC(CC(O)CCc1ccccc1)=C(Br)Br. The van der Waals surface area contributed by atoms with E-state index in [9.17, 15) is 5.11 Å². The fourth-order valence-electron chi connectivity index (χ4n) is 1.51. The average Bonchev–Trinajstić information content (AvgIpc) is 2.27. The molecule has 0 saturated carbocycles.